The Bertz CT molecular complexity index is 134. The number of esters is 1. The summed E-state index contributed by atoms with van der Waals surface area (Å²) in [5, 5.41) is 0. The fourth-order valence-corrected chi connectivity index (χ4v) is 0.634. The molecule has 0 bridgehead atoms. The lowest BCUT2D eigenvalue weighted by Gasteiger charge is -2.09. The maximum atomic E-state index is 11.1. The Morgan fingerprint density at radius 2 is 2.00 bits per heavy atom. The minimum Gasteiger partial charge on any atom is -0.465 e. The zero-order chi connectivity index (χ0) is 9.56. The van der Waals surface area contributed by atoms with Crippen molar-refractivity contribution >= 4 is 5.97 Å². The molecule has 0 heterocycles. The van der Waals surface area contributed by atoms with E-state index in [9.17, 15) is 4.79 Å². The normalized spacial score (nSPS) is 13.1. The van der Waals surface area contributed by atoms with Crippen LogP contribution in [-0.2, 0) is 9.53 Å². The van der Waals surface area contributed by atoms with Crippen LogP contribution in [0.25, 0.3) is 0 Å². The van der Waals surface area contributed by atoms with Crippen molar-refractivity contribution in [2.45, 2.75) is 27.2 Å². The third kappa shape index (κ3) is 5.13. The lowest BCUT2D eigenvalue weighted by atomic mass is 10.1. The van der Waals surface area contributed by atoms with Crippen LogP contribution in [0.2, 0.25) is 0 Å². The molecule has 0 aliphatic carbocycles. The number of hydrogen-bond acceptors (Lipinski definition) is 3. The van der Waals surface area contributed by atoms with E-state index in [-0.39, 0.29) is 11.9 Å². The largest absolute Gasteiger partial charge is 0.465 e. The maximum Gasteiger partial charge on any atom is 0.309 e. The monoisotopic (exact) mass is 173 g/mol. The first kappa shape index (κ1) is 11.4. The van der Waals surface area contributed by atoms with Gasteiger partial charge in [0.15, 0.2) is 0 Å². The van der Waals surface area contributed by atoms with Crippen LogP contribution in [0.1, 0.15) is 27.2 Å². The van der Waals surface area contributed by atoms with E-state index in [0.29, 0.717) is 19.1 Å². The van der Waals surface area contributed by atoms with E-state index >= 15 is 0 Å². The molecule has 0 fully saturated rings. The summed E-state index contributed by atoms with van der Waals surface area (Å²) in [7, 11) is 0. The molecular weight excluding hydrogens is 154 g/mol. The molecule has 0 aliphatic heterocycles. The first-order valence-corrected chi connectivity index (χ1v) is 4.44. The molecule has 0 rings (SSSR count). The quantitative estimate of drug-likeness (QED) is 0.635. The number of hydrogen-bond donors (Lipinski definition) is 1. The maximum absolute atomic E-state index is 11.1. The molecular formula is C9H19NO2. The zero-order valence-electron chi connectivity index (χ0n) is 8.17. The molecule has 72 valence electrons. The average Bonchev–Trinajstić information content (AvgIpc) is 2.02. The number of ether oxygens (including phenoxy) is 1. The molecule has 0 aromatic rings. The Morgan fingerprint density at radius 3 is 2.42 bits per heavy atom. The van der Waals surface area contributed by atoms with Crippen LogP contribution < -0.4 is 5.73 Å². The molecule has 2 N–H and O–H groups in total. The number of carbonyl (C=O) groups excluding carboxylic acids is 1. The number of nitrogens with two attached hydrogens (primary N) is 1. The summed E-state index contributed by atoms with van der Waals surface area (Å²) >= 11 is 0. The Kier molecular flexibility index (Phi) is 5.72. The van der Waals surface area contributed by atoms with Crippen molar-refractivity contribution in [1.29, 1.82) is 0 Å². The van der Waals surface area contributed by atoms with Crippen LogP contribution in [0, 0.1) is 11.8 Å². The van der Waals surface area contributed by atoms with Crippen LogP contribution in [0.5, 0.6) is 0 Å². The summed E-state index contributed by atoms with van der Waals surface area (Å²) in [5.41, 5.74) is 5.30. The Labute approximate surface area is 74.3 Å². The highest BCUT2D eigenvalue weighted by molar-refractivity contribution is 5.72. The summed E-state index contributed by atoms with van der Waals surface area (Å²) < 4.78 is 4.99. The average molecular weight is 173 g/mol. The van der Waals surface area contributed by atoms with Gasteiger partial charge in [-0.05, 0) is 12.3 Å². The summed E-state index contributed by atoms with van der Waals surface area (Å²) in [4.78, 5) is 11.1. The van der Waals surface area contributed by atoms with E-state index in [0.717, 1.165) is 6.42 Å². The molecule has 0 aromatic heterocycles. The fourth-order valence-electron chi connectivity index (χ4n) is 0.634. The van der Waals surface area contributed by atoms with Crippen molar-refractivity contribution in [3.05, 3.63) is 0 Å². The van der Waals surface area contributed by atoms with Gasteiger partial charge in [0.1, 0.15) is 0 Å². The van der Waals surface area contributed by atoms with Crippen LogP contribution in [0.3, 0.4) is 0 Å². The van der Waals surface area contributed by atoms with Crippen molar-refractivity contribution in [2.24, 2.45) is 17.6 Å². The minimum atomic E-state index is -0.182. The molecule has 0 amide bonds. The molecule has 12 heavy (non-hydrogen) atoms. The molecule has 1 unspecified atom stereocenters. The van der Waals surface area contributed by atoms with Gasteiger partial charge in [0, 0.05) is 6.54 Å². The zero-order valence-corrected chi connectivity index (χ0v) is 8.17. The SMILES string of the molecule is CC(C)CCOC(=O)C(C)CN. The van der Waals surface area contributed by atoms with Gasteiger partial charge in [0.2, 0.25) is 0 Å². The van der Waals surface area contributed by atoms with E-state index in [1.165, 1.54) is 0 Å². The highest BCUT2D eigenvalue weighted by Gasteiger charge is 2.11. The van der Waals surface area contributed by atoms with Gasteiger partial charge < -0.3 is 10.5 Å². The van der Waals surface area contributed by atoms with Crippen molar-refractivity contribution in [3.63, 3.8) is 0 Å². The van der Waals surface area contributed by atoms with Crippen molar-refractivity contribution in [1.82, 2.24) is 0 Å². The second kappa shape index (κ2) is 6.00. The van der Waals surface area contributed by atoms with Crippen molar-refractivity contribution in [3.8, 4) is 0 Å². The van der Waals surface area contributed by atoms with Crippen molar-refractivity contribution in [2.75, 3.05) is 13.2 Å². The second-order valence-corrected chi connectivity index (χ2v) is 3.49. The second-order valence-electron chi connectivity index (χ2n) is 3.49. The Hall–Kier alpha value is -0.570. The first-order chi connectivity index (χ1) is 5.57. The van der Waals surface area contributed by atoms with Crippen LogP contribution in [0.15, 0.2) is 0 Å². The summed E-state index contributed by atoms with van der Waals surface area (Å²) in [6.45, 7) is 6.85. The first-order valence-electron chi connectivity index (χ1n) is 4.44. The van der Waals surface area contributed by atoms with Gasteiger partial charge in [0.05, 0.1) is 12.5 Å². The molecule has 0 spiro atoms. The molecule has 1 atom stereocenters. The summed E-state index contributed by atoms with van der Waals surface area (Å²) in [5.74, 6) is 0.223. The fraction of sp³-hybridized carbons (Fsp3) is 0.889. The van der Waals surface area contributed by atoms with Gasteiger partial charge in [-0.1, -0.05) is 20.8 Å². The van der Waals surface area contributed by atoms with E-state index < -0.39 is 0 Å². The van der Waals surface area contributed by atoms with Crippen LogP contribution in [0.4, 0.5) is 0 Å². The predicted octanol–water partition coefficient (Wildman–Crippen LogP) is 1.17. The van der Waals surface area contributed by atoms with Crippen LogP contribution >= 0.6 is 0 Å². The molecule has 0 saturated carbocycles. The van der Waals surface area contributed by atoms with E-state index in [4.69, 9.17) is 10.5 Å². The standard InChI is InChI=1S/C9H19NO2/c1-7(2)4-5-12-9(11)8(3)6-10/h7-8H,4-6,10H2,1-3H3. The predicted molar refractivity (Wildman–Crippen MR) is 48.6 cm³/mol. The third-order valence-electron chi connectivity index (χ3n) is 1.70. The van der Waals surface area contributed by atoms with Gasteiger partial charge in [0.25, 0.3) is 0 Å². The topological polar surface area (TPSA) is 52.3 Å². The Balaban J connectivity index is 3.44. The highest BCUT2D eigenvalue weighted by atomic mass is 16.5. The molecule has 3 heteroatoms. The lowest BCUT2D eigenvalue weighted by Crippen LogP contribution is -2.23. The third-order valence-corrected chi connectivity index (χ3v) is 1.70. The molecule has 3 nitrogen and oxygen atoms in total. The molecule has 0 radical (unpaired) electrons. The van der Waals surface area contributed by atoms with Gasteiger partial charge in [-0.15, -0.1) is 0 Å². The number of rotatable bonds is 5. The summed E-state index contributed by atoms with van der Waals surface area (Å²) in [6, 6.07) is 0. The van der Waals surface area contributed by atoms with Crippen molar-refractivity contribution < 1.29 is 9.53 Å². The molecule has 0 aliphatic rings. The smallest absolute Gasteiger partial charge is 0.309 e. The van der Waals surface area contributed by atoms with Gasteiger partial charge >= 0.3 is 5.97 Å². The van der Waals surface area contributed by atoms with Gasteiger partial charge in [-0.3, -0.25) is 4.79 Å². The minimum absolute atomic E-state index is 0.169. The van der Waals surface area contributed by atoms with E-state index in [1.54, 1.807) is 6.92 Å². The van der Waals surface area contributed by atoms with Gasteiger partial charge in [-0.25, -0.2) is 0 Å². The Morgan fingerprint density at radius 1 is 1.42 bits per heavy atom. The molecule has 0 saturated heterocycles. The van der Waals surface area contributed by atoms with E-state index in [1.807, 2.05) is 0 Å². The van der Waals surface area contributed by atoms with Gasteiger partial charge in [-0.2, -0.15) is 0 Å². The lowest BCUT2D eigenvalue weighted by molar-refractivity contribution is -0.147. The molecule has 0 aromatic carbocycles. The summed E-state index contributed by atoms with van der Waals surface area (Å²) in [6.07, 6.45) is 0.920. The van der Waals surface area contributed by atoms with E-state index in [2.05, 4.69) is 13.8 Å². The highest BCUT2D eigenvalue weighted by Crippen LogP contribution is 2.01. The number of carbonyl (C=O) groups is 1. The van der Waals surface area contributed by atoms with Crippen LogP contribution in [-0.4, -0.2) is 19.1 Å².